The molecule has 0 nitrogen and oxygen atoms in total. The van der Waals surface area contributed by atoms with Crippen molar-refractivity contribution >= 4 is 9.69 Å². The van der Waals surface area contributed by atoms with Gasteiger partial charge in [-0.2, -0.15) is 24.6 Å². The first kappa shape index (κ1) is 11.0. The van der Waals surface area contributed by atoms with Gasteiger partial charge in [0.05, 0.1) is 0 Å². The molecule has 56 valence electrons. The standard InChI is InChI=1S/C9H11.ClH.Zn/c1-3-9-6-4-8(2)5-7-9;;/h4-7H,2-3H2,1H3;1H;/q-1;;+2/p-1. The van der Waals surface area contributed by atoms with E-state index in [9.17, 15) is 0 Å². The second kappa shape index (κ2) is 6.70. The van der Waals surface area contributed by atoms with E-state index in [-0.39, 0.29) is 0 Å². The fourth-order valence-corrected chi connectivity index (χ4v) is 0.775. The van der Waals surface area contributed by atoms with E-state index >= 15 is 0 Å². The van der Waals surface area contributed by atoms with Gasteiger partial charge in [-0.1, -0.05) is 12.5 Å². The summed E-state index contributed by atoms with van der Waals surface area (Å²) in [7, 11) is 4.76. The van der Waals surface area contributed by atoms with Gasteiger partial charge in [-0.3, -0.25) is 0 Å². The summed E-state index contributed by atoms with van der Waals surface area (Å²) in [5.41, 5.74) is 2.47. The molecule has 0 saturated carbocycles. The van der Waals surface area contributed by atoms with Crippen LogP contribution in [0, 0.1) is 6.92 Å². The molecule has 0 aliphatic heterocycles. The van der Waals surface area contributed by atoms with Crippen LogP contribution >= 0.6 is 9.69 Å². The molecule has 1 aromatic rings. The number of rotatable bonds is 1. The molecule has 2 heteroatoms. The number of halogens is 1. The first-order chi connectivity index (χ1) is 5.33. The molecular weight excluding hydrogens is 209 g/mol. The van der Waals surface area contributed by atoms with Gasteiger partial charge in [-0.05, 0) is 6.42 Å². The van der Waals surface area contributed by atoms with Crippen LogP contribution in [-0.2, 0) is 23.7 Å². The summed E-state index contributed by atoms with van der Waals surface area (Å²) < 4.78 is 0. The average molecular weight is 220 g/mol. The van der Waals surface area contributed by atoms with Crippen molar-refractivity contribution in [1.29, 1.82) is 0 Å². The van der Waals surface area contributed by atoms with Crippen LogP contribution < -0.4 is 0 Å². The van der Waals surface area contributed by atoms with Crippen LogP contribution in [0.15, 0.2) is 24.3 Å². The van der Waals surface area contributed by atoms with Gasteiger partial charge in [0.15, 0.2) is 0 Å². The van der Waals surface area contributed by atoms with Crippen molar-refractivity contribution in [3.63, 3.8) is 0 Å². The van der Waals surface area contributed by atoms with Gasteiger partial charge in [0.25, 0.3) is 0 Å². The maximum atomic E-state index is 4.76. The number of hydrogen-bond acceptors (Lipinski definition) is 0. The molecule has 0 heterocycles. The summed E-state index contributed by atoms with van der Waals surface area (Å²) in [5, 5.41) is 0. The summed E-state index contributed by atoms with van der Waals surface area (Å²) in [6.45, 7) is 5.95. The van der Waals surface area contributed by atoms with Crippen molar-refractivity contribution < 1.29 is 17.3 Å². The predicted molar refractivity (Wildman–Crippen MR) is 46.1 cm³/mol. The molecule has 0 saturated heterocycles. The molecule has 11 heavy (non-hydrogen) atoms. The fourth-order valence-electron chi connectivity index (χ4n) is 0.775. The van der Waals surface area contributed by atoms with E-state index in [1.807, 2.05) is 12.1 Å². The van der Waals surface area contributed by atoms with Crippen molar-refractivity contribution in [1.82, 2.24) is 0 Å². The van der Waals surface area contributed by atoms with Crippen LogP contribution in [0.5, 0.6) is 0 Å². The third-order valence-corrected chi connectivity index (χ3v) is 1.43. The minimum absolute atomic E-state index is 0.847. The number of hydrogen-bond donors (Lipinski definition) is 0. The van der Waals surface area contributed by atoms with Crippen molar-refractivity contribution in [2.45, 2.75) is 13.3 Å². The topological polar surface area (TPSA) is 0 Å². The molecule has 0 aliphatic carbocycles. The van der Waals surface area contributed by atoms with Crippen molar-refractivity contribution in [3.8, 4) is 0 Å². The molecule has 1 aromatic carbocycles. The monoisotopic (exact) mass is 218 g/mol. The van der Waals surface area contributed by atoms with Gasteiger partial charge >= 0.3 is 27.0 Å². The molecule has 0 fully saturated rings. The van der Waals surface area contributed by atoms with E-state index in [1.165, 1.54) is 5.56 Å². The van der Waals surface area contributed by atoms with E-state index in [0.717, 1.165) is 29.3 Å². The summed E-state index contributed by atoms with van der Waals surface area (Å²) in [4.78, 5) is 0. The average Bonchev–Trinajstić information content (AvgIpc) is 2.10. The Morgan fingerprint density at radius 3 is 2.09 bits per heavy atom. The van der Waals surface area contributed by atoms with Crippen LogP contribution in [0.1, 0.15) is 18.1 Å². The summed E-state index contributed by atoms with van der Waals surface area (Å²) >= 11 is 0.847. The molecule has 0 N–H and O–H groups in total. The van der Waals surface area contributed by atoms with Crippen LogP contribution in [0.4, 0.5) is 0 Å². The van der Waals surface area contributed by atoms with Gasteiger partial charge in [0, 0.05) is 0 Å². The summed E-state index contributed by atoms with van der Waals surface area (Å²) in [5.74, 6) is 0. The molecule has 0 amide bonds. The summed E-state index contributed by atoms with van der Waals surface area (Å²) in [6, 6.07) is 8.31. The first-order valence-electron chi connectivity index (χ1n) is 3.50. The van der Waals surface area contributed by atoms with E-state index in [4.69, 9.17) is 9.69 Å². The molecule has 0 bridgehead atoms. The Kier molecular flexibility index (Phi) is 6.70. The van der Waals surface area contributed by atoms with Crippen LogP contribution in [-0.4, -0.2) is 0 Å². The zero-order valence-corrected chi connectivity index (χ0v) is 10.5. The Labute approximate surface area is 82.7 Å². The Hall–Kier alpha value is 0.00338. The Balaban J connectivity index is 0.000000461. The zero-order chi connectivity index (χ0) is 8.69. The summed E-state index contributed by atoms with van der Waals surface area (Å²) in [6.07, 6.45) is 1.11. The molecule has 0 aromatic heterocycles. The Morgan fingerprint density at radius 1 is 1.27 bits per heavy atom. The molecular formula is C9H11ClZn. The van der Waals surface area contributed by atoms with Crippen LogP contribution in [0.2, 0.25) is 0 Å². The normalized spacial score (nSPS) is 8.36. The first-order valence-corrected chi connectivity index (χ1v) is 7.40. The van der Waals surface area contributed by atoms with Gasteiger partial charge in [0.2, 0.25) is 0 Å². The van der Waals surface area contributed by atoms with Gasteiger partial charge in [0.1, 0.15) is 0 Å². The van der Waals surface area contributed by atoms with E-state index in [0.29, 0.717) is 0 Å². The van der Waals surface area contributed by atoms with E-state index < -0.39 is 0 Å². The third kappa shape index (κ3) is 4.45. The predicted octanol–water partition coefficient (Wildman–Crippen LogP) is 3.12. The van der Waals surface area contributed by atoms with Crippen molar-refractivity contribution in [2.75, 3.05) is 0 Å². The zero-order valence-electron chi connectivity index (χ0n) is 6.81. The van der Waals surface area contributed by atoms with Gasteiger partial charge < -0.3 is 0 Å². The number of aryl methyl sites for hydroxylation is 1. The Bertz CT molecular complexity index is 181. The second-order valence-corrected chi connectivity index (χ2v) is 2.17. The minimum atomic E-state index is 0.847. The van der Waals surface area contributed by atoms with E-state index in [2.05, 4.69) is 26.0 Å². The number of benzene rings is 1. The third-order valence-electron chi connectivity index (χ3n) is 1.43. The van der Waals surface area contributed by atoms with Gasteiger partial charge in [-0.15, -0.1) is 12.1 Å². The van der Waals surface area contributed by atoms with E-state index in [1.54, 1.807) is 0 Å². The fraction of sp³-hybridized carbons (Fsp3) is 0.222. The molecule has 1 rings (SSSR count). The van der Waals surface area contributed by atoms with Crippen molar-refractivity contribution in [3.05, 3.63) is 42.3 Å². The molecule has 0 spiro atoms. The maximum absolute atomic E-state index is 4.76. The molecule has 0 unspecified atom stereocenters. The molecule has 0 aliphatic rings. The SMILES string of the molecule is [CH2-]c1ccc(CC)cc1.[Cl][Zn+]. The molecule has 0 atom stereocenters. The second-order valence-electron chi connectivity index (χ2n) is 2.17. The van der Waals surface area contributed by atoms with Gasteiger partial charge in [-0.25, -0.2) is 0 Å². The quantitative estimate of drug-likeness (QED) is 0.503. The van der Waals surface area contributed by atoms with Crippen molar-refractivity contribution in [2.24, 2.45) is 0 Å². The van der Waals surface area contributed by atoms with Crippen LogP contribution in [0.3, 0.4) is 0 Å². The Morgan fingerprint density at radius 2 is 1.73 bits per heavy atom. The molecule has 0 radical (unpaired) electrons. The van der Waals surface area contributed by atoms with Crippen LogP contribution in [0.25, 0.3) is 0 Å².